The first kappa shape index (κ1) is 18.8. The second-order valence-corrected chi connectivity index (χ2v) is 8.46. The highest BCUT2D eigenvalue weighted by molar-refractivity contribution is 7.21. The number of pyridine rings is 1. The quantitative estimate of drug-likeness (QED) is 0.454. The van der Waals surface area contributed by atoms with Crippen molar-refractivity contribution in [3.8, 4) is 16.9 Å². The fourth-order valence-corrected chi connectivity index (χ4v) is 4.46. The minimum Gasteiger partial charge on any atom is -0.491 e. The van der Waals surface area contributed by atoms with Crippen molar-refractivity contribution in [2.45, 2.75) is 13.5 Å². The topological polar surface area (TPSA) is 116 Å². The molecule has 152 valence electrons. The van der Waals surface area contributed by atoms with E-state index in [0.717, 1.165) is 38.4 Å². The van der Waals surface area contributed by atoms with Crippen LogP contribution >= 0.6 is 22.9 Å². The lowest BCUT2D eigenvalue weighted by molar-refractivity contribution is 0.329. The molecule has 8 nitrogen and oxygen atoms in total. The molecule has 3 aromatic heterocycles. The van der Waals surface area contributed by atoms with E-state index < -0.39 is 0 Å². The molecule has 10 heteroatoms. The molecule has 0 spiro atoms. The highest BCUT2D eigenvalue weighted by atomic mass is 35.5. The van der Waals surface area contributed by atoms with Gasteiger partial charge in [0.15, 0.2) is 5.13 Å². The van der Waals surface area contributed by atoms with E-state index in [-0.39, 0.29) is 0 Å². The minimum atomic E-state index is 0.315. The van der Waals surface area contributed by atoms with Gasteiger partial charge in [0.25, 0.3) is 0 Å². The van der Waals surface area contributed by atoms with Gasteiger partial charge >= 0.3 is 0 Å². The number of rotatable bonds is 2. The maximum Gasteiger partial charge on any atom is 0.229 e. The molecule has 0 unspecified atom stereocenters. The number of thiazole rings is 1. The highest BCUT2D eigenvalue weighted by Gasteiger charge is 2.21. The number of nitrogens with two attached hydrogens (primary N) is 2. The molecule has 0 amide bonds. The number of ether oxygens (including phenoxy) is 1. The molecule has 30 heavy (non-hydrogen) atoms. The average molecular weight is 440 g/mol. The molecule has 1 aromatic carbocycles. The Morgan fingerprint density at radius 1 is 1.10 bits per heavy atom. The van der Waals surface area contributed by atoms with Crippen LogP contribution in [0.2, 0.25) is 5.15 Å². The molecule has 5 rings (SSSR count). The van der Waals surface area contributed by atoms with Crippen molar-refractivity contribution in [1.82, 2.24) is 19.9 Å². The number of benzene rings is 1. The summed E-state index contributed by atoms with van der Waals surface area (Å²) in [4.78, 5) is 20.4. The fourth-order valence-electron chi connectivity index (χ4n) is 3.61. The van der Waals surface area contributed by atoms with E-state index in [1.165, 1.54) is 17.4 Å². The lowest BCUT2D eigenvalue weighted by atomic mass is 10.00. The predicted molar refractivity (Wildman–Crippen MR) is 120 cm³/mol. The number of nitrogens with zero attached hydrogens (tertiary/aromatic N) is 5. The standard InChI is InChI=1S/C20H18ClN7OS/c1-10-4-11(12-6-14-18(24-8-12)30-19(23)25-14)5-13-9-28(2-3-29-17(10)13)20-26-15(21)7-16(22)27-20/h4-8H,2-3,9H2,1H3,(H2,23,25)(H2,22,26,27). The van der Waals surface area contributed by atoms with E-state index >= 15 is 0 Å². The number of hydrogen-bond acceptors (Lipinski definition) is 9. The molecule has 0 saturated carbocycles. The van der Waals surface area contributed by atoms with Gasteiger partial charge in [-0.05, 0) is 36.2 Å². The summed E-state index contributed by atoms with van der Waals surface area (Å²) >= 11 is 7.46. The summed E-state index contributed by atoms with van der Waals surface area (Å²) in [6.45, 7) is 3.74. The van der Waals surface area contributed by atoms with Crippen molar-refractivity contribution in [3.05, 3.63) is 46.7 Å². The fraction of sp³-hybridized carbons (Fsp3) is 0.200. The van der Waals surface area contributed by atoms with Gasteiger partial charge in [0.1, 0.15) is 33.7 Å². The summed E-state index contributed by atoms with van der Waals surface area (Å²) < 4.78 is 6.05. The highest BCUT2D eigenvalue weighted by Crippen LogP contribution is 2.35. The number of aryl methyl sites for hydroxylation is 1. The summed E-state index contributed by atoms with van der Waals surface area (Å²) in [7, 11) is 0. The van der Waals surface area contributed by atoms with E-state index in [9.17, 15) is 0 Å². The molecule has 0 radical (unpaired) electrons. The molecule has 0 saturated heterocycles. The molecule has 1 aliphatic rings. The van der Waals surface area contributed by atoms with Gasteiger partial charge in [0.05, 0.1) is 6.54 Å². The largest absolute Gasteiger partial charge is 0.491 e. The summed E-state index contributed by atoms with van der Waals surface area (Å²) in [5.41, 5.74) is 16.6. The monoisotopic (exact) mass is 439 g/mol. The van der Waals surface area contributed by atoms with Crippen molar-refractivity contribution in [3.63, 3.8) is 0 Å². The zero-order valence-corrected chi connectivity index (χ0v) is 17.7. The molecule has 1 aliphatic heterocycles. The van der Waals surface area contributed by atoms with Crippen molar-refractivity contribution in [2.24, 2.45) is 0 Å². The first-order valence-electron chi connectivity index (χ1n) is 9.30. The maximum absolute atomic E-state index is 6.08. The van der Waals surface area contributed by atoms with Crippen LogP contribution in [-0.4, -0.2) is 33.1 Å². The third-order valence-electron chi connectivity index (χ3n) is 4.90. The van der Waals surface area contributed by atoms with E-state index in [1.807, 2.05) is 24.1 Å². The van der Waals surface area contributed by atoms with Crippen LogP contribution in [-0.2, 0) is 6.54 Å². The minimum absolute atomic E-state index is 0.315. The van der Waals surface area contributed by atoms with Gasteiger partial charge in [-0.25, -0.2) is 15.0 Å². The van der Waals surface area contributed by atoms with Gasteiger partial charge in [0.2, 0.25) is 5.95 Å². The molecule has 4 aromatic rings. The van der Waals surface area contributed by atoms with E-state index in [1.54, 1.807) is 0 Å². The van der Waals surface area contributed by atoms with Gasteiger partial charge in [-0.2, -0.15) is 4.98 Å². The van der Waals surface area contributed by atoms with Crippen LogP contribution in [0.3, 0.4) is 0 Å². The summed E-state index contributed by atoms with van der Waals surface area (Å²) in [6, 6.07) is 7.74. The van der Waals surface area contributed by atoms with Crippen LogP contribution in [0.15, 0.2) is 30.5 Å². The number of fused-ring (bicyclic) bond motifs is 2. The Morgan fingerprint density at radius 3 is 2.80 bits per heavy atom. The van der Waals surface area contributed by atoms with E-state index in [2.05, 4.69) is 32.1 Å². The van der Waals surface area contributed by atoms with Gasteiger partial charge in [-0.3, -0.25) is 0 Å². The van der Waals surface area contributed by atoms with Gasteiger partial charge in [0, 0.05) is 29.9 Å². The van der Waals surface area contributed by atoms with E-state index in [0.29, 0.717) is 41.7 Å². The zero-order valence-electron chi connectivity index (χ0n) is 16.1. The van der Waals surface area contributed by atoms with Crippen LogP contribution in [0, 0.1) is 6.92 Å². The number of anilines is 3. The first-order chi connectivity index (χ1) is 14.5. The number of halogens is 1. The Bertz CT molecular complexity index is 1260. The Kier molecular flexibility index (Phi) is 4.56. The van der Waals surface area contributed by atoms with Gasteiger partial charge in [-0.1, -0.05) is 22.9 Å². The Hall–Kier alpha value is -3.17. The SMILES string of the molecule is Cc1cc(-c2cnc3sc(N)nc3c2)cc2c1OCCN(c1nc(N)cc(Cl)n1)C2. The predicted octanol–water partition coefficient (Wildman–Crippen LogP) is 3.67. The summed E-state index contributed by atoms with van der Waals surface area (Å²) in [6.07, 6.45) is 1.84. The van der Waals surface area contributed by atoms with Gasteiger partial charge in [-0.15, -0.1) is 0 Å². The second kappa shape index (κ2) is 7.26. The smallest absolute Gasteiger partial charge is 0.229 e. The van der Waals surface area contributed by atoms with Crippen LogP contribution in [0.25, 0.3) is 21.5 Å². The third kappa shape index (κ3) is 3.46. The second-order valence-electron chi connectivity index (χ2n) is 7.07. The molecular formula is C20H18ClN7OS. The van der Waals surface area contributed by atoms with Crippen LogP contribution in [0.1, 0.15) is 11.1 Å². The number of hydrogen-bond donors (Lipinski definition) is 2. The molecule has 0 atom stereocenters. The molecule has 4 heterocycles. The third-order valence-corrected chi connectivity index (χ3v) is 5.91. The Balaban J connectivity index is 1.55. The lowest BCUT2D eigenvalue weighted by Crippen LogP contribution is -2.27. The molecular weight excluding hydrogens is 422 g/mol. The molecule has 4 N–H and O–H groups in total. The molecule has 0 fully saturated rings. The number of nitrogen functional groups attached to an aromatic ring is 2. The van der Waals surface area contributed by atoms with Crippen molar-refractivity contribution < 1.29 is 4.74 Å². The summed E-state index contributed by atoms with van der Waals surface area (Å²) in [5.74, 6) is 1.70. The normalized spacial score (nSPS) is 13.7. The molecule has 0 aliphatic carbocycles. The summed E-state index contributed by atoms with van der Waals surface area (Å²) in [5, 5.41) is 0.826. The Labute approximate surface area is 181 Å². The average Bonchev–Trinajstić information content (AvgIpc) is 2.92. The maximum atomic E-state index is 6.08. The van der Waals surface area contributed by atoms with Gasteiger partial charge < -0.3 is 21.1 Å². The zero-order chi connectivity index (χ0) is 20.8. The molecule has 0 bridgehead atoms. The Morgan fingerprint density at radius 2 is 1.97 bits per heavy atom. The van der Waals surface area contributed by atoms with Crippen molar-refractivity contribution in [1.29, 1.82) is 0 Å². The lowest BCUT2D eigenvalue weighted by Gasteiger charge is -2.20. The van der Waals surface area contributed by atoms with Crippen molar-refractivity contribution >= 4 is 50.2 Å². The van der Waals surface area contributed by atoms with Crippen LogP contribution in [0.5, 0.6) is 5.75 Å². The van der Waals surface area contributed by atoms with Crippen LogP contribution in [0.4, 0.5) is 16.9 Å². The van der Waals surface area contributed by atoms with E-state index in [4.69, 9.17) is 27.8 Å². The first-order valence-corrected chi connectivity index (χ1v) is 10.5. The van der Waals surface area contributed by atoms with Crippen molar-refractivity contribution in [2.75, 3.05) is 29.5 Å². The number of aromatic nitrogens is 4. The van der Waals surface area contributed by atoms with Crippen LogP contribution < -0.4 is 21.1 Å².